The van der Waals surface area contributed by atoms with Crippen LogP contribution in [0.25, 0.3) is 5.57 Å². The van der Waals surface area contributed by atoms with E-state index in [0.29, 0.717) is 17.1 Å². The van der Waals surface area contributed by atoms with Gasteiger partial charge in [-0.15, -0.1) is 0 Å². The molecule has 0 aliphatic rings. The van der Waals surface area contributed by atoms with Crippen molar-refractivity contribution in [2.75, 3.05) is 5.73 Å². The van der Waals surface area contributed by atoms with Gasteiger partial charge in [0.25, 0.3) is 0 Å². The summed E-state index contributed by atoms with van der Waals surface area (Å²) in [6.45, 7) is 5.50. The molecule has 0 aliphatic carbocycles. The van der Waals surface area contributed by atoms with Crippen molar-refractivity contribution in [2.45, 2.75) is 6.92 Å². The van der Waals surface area contributed by atoms with Crippen LogP contribution in [0, 0.1) is 11.3 Å². The molecular weight excluding hydrogens is 150 g/mol. The summed E-state index contributed by atoms with van der Waals surface area (Å²) in [4.78, 5) is 4.00. The fraction of sp³-hybridized carbons (Fsp3) is 0.111. The van der Waals surface area contributed by atoms with Crippen molar-refractivity contribution in [3.8, 4) is 6.07 Å². The molecule has 3 nitrogen and oxygen atoms in total. The van der Waals surface area contributed by atoms with E-state index in [0.717, 1.165) is 5.57 Å². The molecule has 0 aromatic carbocycles. The number of rotatable bonds is 1. The summed E-state index contributed by atoms with van der Waals surface area (Å²) in [6.07, 6.45) is 0. The van der Waals surface area contributed by atoms with Crippen LogP contribution in [0.2, 0.25) is 0 Å². The molecule has 3 heteroatoms. The van der Waals surface area contributed by atoms with Gasteiger partial charge < -0.3 is 5.73 Å². The Kier molecular flexibility index (Phi) is 2.11. The molecule has 0 fully saturated rings. The molecule has 1 aromatic heterocycles. The van der Waals surface area contributed by atoms with Gasteiger partial charge in [0.05, 0.1) is 11.3 Å². The second-order valence-electron chi connectivity index (χ2n) is 2.52. The van der Waals surface area contributed by atoms with E-state index >= 15 is 0 Å². The Hall–Kier alpha value is -1.82. The Bertz CT molecular complexity index is 361. The van der Waals surface area contributed by atoms with Crippen molar-refractivity contribution in [1.82, 2.24) is 4.98 Å². The summed E-state index contributed by atoms with van der Waals surface area (Å²) < 4.78 is 0. The zero-order chi connectivity index (χ0) is 9.14. The molecule has 0 unspecified atom stereocenters. The summed E-state index contributed by atoms with van der Waals surface area (Å²) in [5.41, 5.74) is 7.30. The highest BCUT2D eigenvalue weighted by molar-refractivity contribution is 5.65. The van der Waals surface area contributed by atoms with Crippen LogP contribution in [0.3, 0.4) is 0 Å². The molecule has 0 spiro atoms. The van der Waals surface area contributed by atoms with E-state index < -0.39 is 0 Å². The highest BCUT2D eigenvalue weighted by Gasteiger charge is 2.03. The molecule has 0 atom stereocenters. The maximum Gasteiger partial charge on any atom is 0.124 e. The van der Waals surface area contributed by atoms with Crippen LogP contribution in [-0.4, -0.2) is 4.98 Å². The third kappa shape index (κ3) is 1.43. The number of nitrogens with zero attached hydrogens (tertiary/aromatic N) is 2. The molecule has 1 rings (SSSR count). The van der Waals surface area contributed by atoms with Crippen LogP contribution in [0.4, 0.5) is 5.82 Å². The first-order valence-electron chi connectivity index (χ1n) is 3.47. The molecule has 0 bridgehead atoms. The van der Waals surface area contributed by atoms with Crippen LogP contribution in [-0.2, 0) is 0 Å². The largest absolute Gasteiger partial charge is 0.384 e. The van der Waals surface area contributed by atoms with Gasteiger partial charge in [0, 0.05) is 0 Å². The molecule has 0 aliphatic heterocycles. The average molecular weight is 159 g/mol. The van der Waals surface area contributed by atoms with Crippen molar-refractivity contribution in [2.24, 2.45) is 0 Å². The number of allylic oxidation sites excluding steroid dienone is 1. The van der Waals surface area contributed by atoms with Gasteiger partial charge >= 0.3 is 0 Å². The van der Waals surface area contributed by atoms with Gasteiger partial charge in [0.1, 0.15) is 11.9 Å². The highest BCUT2D eigenvalue weighted by atomic mass is 14.8. The predicted octanol–water partition coefficient (Wildman–Crippen LogP) is 1.57. The van der Waals surface area contributed by atoms with Gasteiger partial charge in [-0.05, 0) is 24.6 Å². The quantitative estimate of drug-likeness (QED) is 0.676. The van der Waals surface area contributed by atoms with E-state index in [2.05, 4.69) is 11.6 Å². The van der Waals surface area contributed by atoms with Gasteiger partial charge in [-0.2, -0.15) is 5.26 Å². The molecule has 0 amide bonds. The van der Waals surface area contributed by atoms with Crippen molar-refractivity contribution in [3.63, 3.8) is 0 Å². The van der Waals surface area contributed by atoms with Gasteiger partial charge in [-0.1, -0.05) is 6.58 Å². The van der Waals surface area contributed by atoms with Crippen LogP contribution < -0.4 is 5.73 Å². The van der Waals surface area contributed by atoms with E-state index in [1.165, 1.54) is 0 Å². The minimum Gasteiger partial charge on any atom is -0.384 e. The van der Waals surface area contributed by atoms with E-state index in [9.17, 15) is 0 Å². The minimum atomic E-state index is 0.409. The lowest BCUT2D eigenvalue weighted by Gasteiger charge is -2.01. The number of hydrogen-bond acceptors (Lipinski definition) is 3. The fourth-order valence-electron chi connectivity index (χ4n) is 0.890. The number of anilines is 1. The van der Waals surface area contributed by atoms with Gasteiger partial charge in [-0.3, -0.25) is 0 Å². The molecule has 1 heterocycles. The van der Waals surface area contributed by atoms with Crippen molar-refractivity contribution >= 4 is 11.4 Å². The maximum atomic E-state index is 8.69. The molecular formula is C9H9N3. The van der Waals surface area contributed by atoms with Crippen LogP contribution in [0.15, 0.2) is 18.7 Å². The Morgan fingerprint density at radius 2 is 2.33 bits per heavy atom. The van der Waals surface area contributed by atoms with Gasteiger partial charge in [-0.25, -0.2) is 4.98 Å². The predicted molar refractivity (Wildman–Crippen MR) is 48.1 cm³/mol. The Balaban J connectivity index is 3.34. The molecule has 2 N–H and O–H groups in total. The summed E-state index contributed by atoms with van der Waals surface area (Å²) >= 11 is 0. The molecule has 0 radical (unpaired) electrons. The third-order valence-corrected chi connectivity index (χ3v) is 1.44. The molecule has 60 valence electrons. The van der Waals surface area contributed by atoms with Gasteiger partial charge in [0.2, 0.25) is 0 Å². The Labute approximate surface area is 71.2 Å². The number of nitriles is 1. The van der Waals surface area contributed by atoms with Crippen LogP contribution in [0.1, 0.15) is 18.2 Å². The van der Waals surface area contributed by atoms with Crippen LogP contribution >= 0.6 is 0 Å². The lowest BCUT2D eigenvalue weighted by atomic mass is 10.1. The lowest BCUT2D eigenvalue weighted by molar-refractivity contribution is 1.25. The standard InChI is InChI=1S/C9H9N3/c1-6(2)9-7(5-10)3-4-8(11)12-9/h3-4H,1H2,2H3,(H2,11,12). The highest BCUT2D eigenvalue weighted by Crippen LogP contribution is 2.15. The van der Waals surface area contributed by atoms with E-state index in [1.54, 1.807) is 19.1 Å². The summed E-state index contributed by atoms with van der Waals surface area (Å²) in [7, 11) is 0. The topological polar surface area (TPSA) is 62.7 Å². The number of aromatic nitrogens is 1. The lowest BCUT2D eigenvalue weighted by Crippen LogP contribution is -1.96. The zero-order valence-electron chi connectivity index (χ0n) is 6.83. The number of pyridine rings is 1. The van der Waals surface area contributed by atoms with E-state index in [4.69, 9.17) is 11.0 Å². The first kappa shape index (κ1) is 8.28. The van der Waals surface area contributed by atoms with E-state index in [-0.39, 0.29) is 0 Å². The smallest absolute Gasteiger partial charge is 0.124 e. The van der Waals surface area contributed by atoms with Crippen molar-refractivity contribution in [1.29, 1.82) is 5.26 Å². The van der Waals surface area contributed by atoms with Gasteiger partial charge in [0.15, 0.2) is 0 Å². The fourth-order valence-corrected chi connectivity index (χ4v) is 0.890. The second-order valence-corrected chi connectivity index (χ2v) is 2.52. The monoisotopic (exact) mass is 159 g/mol. The number of hydrogen-bond donors (Lipinski definition) is 1. The van der Waals surface area contributed by atoms with E-state index in [1.807, 2.05) is 6.07 Å². The average Bonchev–Trinajstić information content (AvgIpc) is 2.04. The molecule has 1 aromatic rings. The minimum absolute atomic E-state index is 0.409. The SMILES string of the molecule is C=C(C)c1nc(N)ccc1C#N. The first-order chi connectivity index (χ1) is 5.65. The van der Waals surface area contributed by atoms with Crippen molar-refractivity contribution in [3.05, 3.63) is 30.0 Å². The molecule has 12 heavy (non-hydrogen) atoms. The summed E-state index contributed by atoms with van der Waals surface area (Å²) in [5, 5.41) is 8.69. The number of nitrogen functional groups attached to an aromatic ring is 1. The zero-order valence-corrected chi connectivity index (χ0v) is 6.83. The third-order valence-electron chi connectivity index (χ3n) is 1.44. The number of nitrogens with two attached hydrogens (primary N) is 1. The molecule has 0 saturated heterocycles. The Morgan fingerprint density at radius 3 is 2.83 bits per heavy atom. The second kappa shape index (κ2) is 3.05. The molecule has 0 saturated carbocycles. The van der Waals surface area contributed by atoms with Crippen LogP contribution in [0.5, 0.6) is 0 Å². The summed E-state index contributed by atoms with van der Waals surface area (Å²) in [6, 6.07) is 5.27. The Morgan fingerprint density at radius 1 is 1.67 bits per heavy atom. The van der Waals surface area contributed by atoms with Crippen molar-refractivity contribution < 1.29 is 0 Å². The summed E-state index contributed by atoms with van der Waals surface area (Å²) in [5.74, 6) is 0.409. The normalized spacial score (nSPS) is 9.00. The first-order valence-corrected chi connectivity index (χ1v) is 3.47. The maximum absolute atomic E-state index is 8.69.